The van der Waals surface area contributed by atoms with Gasteiger partial charge in [0.25, 0.3) is 0 Å². The van der Waals surface area contributed by atoms with Crippen molar-refractivity contribution >= 4 is 0 Å². The van der Waals surface area contributed by atoms with Crippen LogP contribution in [0.15, 0.2) is 24.3 Å². The second-order valence-electron chi connectivity index (χ2n) is 8.48. The third-order valence-electron chi connectivity index (χ3n) is 6.44. The topological polar surface area (TPSA) is 69.9 Å². The summed E-state index contributed by atoms with van der Waals surface area (Å²) in [5, 5.41) is 31.0. The van der Waals surface area contributed by atoms with Gasteiger partial charge >= 0.3 is 0 Å². The zero-order chi connectivity index (χ0) is 19.7. The molecule has 4 heteroatoms. The van der Waals surface area contributed by atoms with Crippen molar-refractivity contribution in [3.05, 3.63) is 24.3 Å². The van der Waals surface area contributed by atoms with Crippen molar-refractivity contribution < 1.29 is 20.1 Å². The highest BCUT2D eigenvalue weighted by atomic mass is 16.5. The van der Waals surface area contributed by atoms with Crippen LogP contribution in [0, 0.1) is 11.8 Å². The summed E-state index contributed by atoms with van der Waals surface area (Å²) in [5.74, 6) is 0.274. The van der Waals surface area contributed by atoms with Crippen molar-refractivity contribution in [3.63, 3.8) is 0 Å². The number of fused-ring (bicyclic) bond motifs is 1. The first kappa shape index (κ1) is 22.6. The normalized spacial score (nSPS) is 35.7. The fraction of sp³-hybridized carbons (Fsp3) is 0.826. The summed E-state index contributed by atoms with van der Waals surface area (Å²) in [6.07, 6.45) is 16.8. The lowest BCUT2D eigenvalue weighted by atomic mass is 9.87. The van der Waals surface area contributed by atoms with Crippen LogP contribution in [-0.4, -0.2) is 45.8 Å². The molecule has 3 unspecified atom stereocenters. The lowest BCUT2D eigenvalue weighted by molar-refractivity contribution is -0.0619. The summed E-state index contributed by atoms with van der Waals surface area (Å²) < 4.78 is 6.20. The van der Waals surface area contributed by atoms with Crippen LogP contribution in [0.1, 0.15) is 78.1 Å². The zero-order valence-corrected chi connectivity index (χ0v) is 17.2. The second-order valence-corrected chi connectivity index (χ2v) is 8.48. The van der Waals surface area contributed by atoms with E-state index in [-0.39, 0.29) is 30.7 Å². The molecule has 1 fully saturated rings. The Balaban J connectivity index is 2.05. The van der Waals surface area contributed by atoms with Crippen LogP contribution in [0.2, 0.25) is 0 Å². The second kappa shape index (κ2) is 11.4. The maximum Gasteiger partial charge on any atom is 0.0809 e. The first-order valence-corrected chi connectivity index (χ1v) is 11.0. The molecular formula is C23H40O4. The summed E-state index contributed by atoms with van der Waals surface area (Å²) in [4.78, 5) is 0. The van der Waals surface area contributed by atoms with E-state index in [0.717, 1.165) is 51.4 Å². The molecule has 27 heavy (non-hydrogen) atoms. The first-order valence-electron chi connectivity index (χ1n) is 11.0. The van der Waals surface area contributed by atoms with E-state index in [1.54, 1.807) is 0 Å². The third-order valence-corrected chi connectivity index (χ3v) is 6.44. The molecule has 156 valence electrons. The van der Waals surface area contributed by atoms with E-state index >= 15 is 0 Å². The van der Waals surface area contributed by atoms with E-state index in [1.165, 1.54) is 0 Å². The van der Waals surface area contributed by atoms with Gasteiger partial charge in [0.2, 0.25) is 0 Å². The van der Waals surface area contributed by atoms with Gasteiger partial charge in [-0.05, 0) is 50.9 Å². The smallest absolute Gasteiger partial charge is 0.0809 e. The Morgan fingerprint density at radius 1 is 1.26 bits per heavy atom. The fourth-order valence-electron chi connectivity index (χ4n) is 4.50. The minimum Gasteiger partial charge on any atom is -0.394 e. The molecular weight excluding hydrogens is 340 g/mol. The molecule has 0 saturated heterocycles. The van der Waals surface area contributed by atoms with Crippen LogP contribution in [0.5, 0.6) is 0 Å². The Morgan fingerprint density at radius 2 is 2.07 bits per heavy atom. The predicted molar refractivity (Wildman–Crippen MR) is 109 cm³/mol. The van der Waals surface area contributed by atoms with Crippen molar-refractivity contribution in [1.82, 2.24) is 0 Å². The van der Waals surface area contributed by atoms with Gasteiger partial charge in [0.1, 0.15) is 0 Å². The van der Waals surface area contributed by atoms with Gasteiger partial charge in [-0.3, -0.25) is 0 Å². The number of rotatable bonds is 8. The van der Waals surface area contributed by atoms with Gasteiger partial charge in [-0.25, -0.2) is 0 Å². The molecule has 1 saturated carbocycles. The Labute approximate surface area is 165 Å². The number of ether oxygens (including phenoxy) is 1. The van der Waals surface area contributed by atoms with Crippen molar-refractivity contribution in [2.75, 3.05) is 6.61 Å². The molecule has 0 aromatic rings. The Kier molecular flexibility index (Phi) is 9.51. The van der Waals surface area contributed by atoms with Crippen LogP contribution in [-0.2, 0) is 4.74 Å². The average molecular weight is 381 g/mol. The highest BCUT2D eigenvalue weighted by molar-refractivity contribution is 5.06. The quantitative estimate of drug-likeness (QED) is 0.554. The van der Waals surface area contributed by atoms with Crippen LogP contribution in [0.4, 0.5) is 0 Å². The van der Waals surface area contributed by atoms with Gasteiger partial charge in [-0.2, -0.15) is 0 Å². The van der Waals surface area contributed by atoms with Gasteiger partial charge in [-0.1, -0.05) is 51.0 Å². The van der Waals surface area contributed by atoms with Crippen molar-refractivity contribution in [3.8, 4) is 0 Å². The predicted octanol–water partition coefficient (Wildman–Crippen LogP) is 4.14. The van der Waals surface area contributed by atoms with Crippen molar-refractivity contribution in [2.45, 2.75) is 102 Å². The van der Waals surface area contributed by atoms with E-state index in [2.05, 4.69) is 31.2 Å². The zero-order valence-electron chi connectivity index (χ0n) is 17.2. The molecule has 4 nitrogen and oxygen atoms in total. The first-order chi connectivity index (χ1) is 13.0. The SMILES string of the molecule is CCCCC(O)(CC)C/C=C/[C@H]1[C@H](O)CC2OC(CO)CCC/C=C\C[C@@H]21. The minimum atomic E-state index is -0.635. The molecule has 2 rings (SSSR count). The van der Waals surface area contributed by atoms with Crippen LogP contribution in [0.25, 0.3) is 0 Å². The largest absolute Gasteiger partial charge is 0.394 e. The van der Waals surface area contributed by atoms with Gasteiger partial charge in [0.05, 0.1) is 30.5 Å². The van der Waals surface area contributed by atoms with E-state index in [1.807, 2.05) is 6.92 Å². The molecule has 2 aliphatic rings. The molecule has 0 bridgehead atoms. The number of hydrogen-bond donors (Lipinski definition) is 3. The lowest BCUT2D eigenvalue weighted by Crippen LogP contribution is -2.30. The van der Waals surface area contributed by atoms with E-state index in [9.17, 15) is 15.3 Å². The molecule has 0 radical (unpaired) electrons. The third kappa shape index (κ3) is 6.70. The molecule has 0 spiro atoms. The van der Waals surface area contributed by atoms with Crippen molar-refractivity contribution in [2.24, 2.45) is 11.8 Å². The highest BCUT2D eigenvalue weighted by Gasteiger charge is 2.42. The van der Waals surface area contributed by atoms with E-state index in [4.69, 9.17) is 4.74 Å². The molecule has 1 aliphatic carbocycles. The summed E-state index contributed by atoms with van der Waals surface area (Å²) >= 11 is 0. The van der Waals surface area contributed by atoms with Gasteiger partial charge in [0.15, 0.2) is 0 Å². The number of hydrogen-bond acceptors (Lipinski definition) is 4. The monoisotopic (exact) mass is 380 g/mol. The summed E-state index contributed by atoms with van der Waals surface area (Å²) in [5.41, 5.74) is -0.635. The number of allylic oxidation sites excluding steroid dienone is 2. The Morgan fingerprint density at radius 3 is 2.78 bits per heavy atom. The Hall–Kier alpha value is -0.680. The molecule has 6 atom stereocenters. The number of aliphatic hydroxyl groups is 3. The van der Waals surface area contributed by atoms with Crippen molar-refractivity contribution in [1.29, 1.82) is 0 Å². The highest BCUT2D eigenvalue weighted by Crippen LogP contribution is 2.39. The molecule has 0 aromatic carbocycles. The standard InChI is InChI=1S/C23H40O4/c1-3-5-14-23(26,4-2)15-10-13-19-20-12-9-7-6-8-11-18(17-24)27-22(20)16-21(19)25/h7,9-10,13,18-22,24-26H,3-6,8,11-12,14-17H2,1-2H3/b9-7-,13-10+/t18?,19-,20-,21-,22?,23?/m1/s1. The summed E-state index contributed by atoms with van der Waals surface area (Å²) in [6, 6.07) is 0. The molecule has 0 aromatic heterocycles. The fourth-order valence-corrected chi connectivity index (χ4v) is 4.50. The van der Waals surface area contributed by atoms with Gasteiger partial charge in [-0.15, -0.1) is 0 Å². The number of unbranched alkanes of at least 4 members (excludes halogenated alkanes) is 1. The molecule has 3 N–H and O–H groups in total. The molecule has 1 aliphatic heterocycles. The van der Waals surface area contributed by atoms with E-state index < -0.39 is 11.7 Å². The Bertz CT molecular complexity index is 475. The summed E-state index contributed by atoms with van der Waals surface area (Å²) in [7, 11) is 0. The minimum absolute atomic E-state index is 0.0142. The van der Waals surface area contributed by atoms with Crippen LogP contribution < -0.4 is 0 Å². The molecule has 1 heterocycles. The van der Waals surface area contributed by atoms with Crippen LogP contribution in [0.3, 0.4) is 0 Å². The maximum absolute atomic E-state index is 10.8. The average Bonchev–Trinajstić information content (AvgIpc) is 2.97. The summed E-state index contributed by atoms with van der Waals surface area (Å²) in [6.45, 7) is 4.23. The van der Waals surface area contributed by atoms with Gasteiger partial charge < -0.3 is 20.1 Å². The lowest BCUT2D eigenvalue weighted by Gasteiger charge is -2.28. The van der Waals surface area contributed by atoms with E-state index in [0.29, 0.717) is 12.8 Å². The van der Waals surface area contributed by atoms with Gasteiger partial charge in [0, 0.05) is 12.3 Å². The maximum atomic E-state index is 10.8. The number of aliphatic hydroxyl groups excluding tert-OH is 2. The van der Waals surface area contributed by atoms with Crippen LogP contribution >= 0.6 is 0 Å². The molecule has 0 amide bonds.